The van der Waals surface area contributed by atoms with Crippen LogP contribution in [0, 0.1) is 11.3 Å². The molecule has 0 bridgehead atoms. The summed E-state index contributed by atoms with van der Waals surface area (Å²) >= 11 is 8.88. The van der Waals surface area contributed by atoms with Gasteiger partial charge in [0.1, 0.15) is 3.53 Å². The maximum absolute atomic E-state index is 8.45. The minimum Gasteiger partial charge on any atom is -0.198 e. The molecule has 0 radical (unpaired) electrons. The number of hydrogen-bond acceptors (Lipinski definition) is 4. The molecule has 0 saturated carbocycles. The summed E-state index contributed by atoms with van der Waals surface area (Å²) in [6, 6.07) is 2.17. The van der Waals surface area contributed by atoms with Crippen molar-refractivity contribution >= 4 is 39.3 Å². The predicted molar refractivity (Wildman–Crippen MR) is 104 cm³/mol. The minimum absolute atomic E-state index is 0.652. The van der Waals surface area contributed by atoms with Crippen molar-refractivity contribution in [1.29, 1.82) is 5.26 Å². The zero-order valence-electron chi connectivity index (χ0n) is 13.6. The van der Waals surface area contributed by atoms with E-state index in [9.17, 15) is 0 Å². The van der Waals surface area contributed by atoms with Crippen LogP contribution in [0.4, 0.5) is 0 Å². The van der Waals surface area contributed by atoms with Gasteiger partial charge in [-0.1, -0.05) is 76.9 Å². The van der Waals surface area contributed by atoms with Crippen LogP contribution in [-0.4, -0.2) is 15.0 Å². The van der Waals surface area contributed by atoms with Crippen molar-refractivity contribution in [2.24, 2.45) is 0 Å². The summed E-state index contributed by atoms with van der Waals surface area (Å²) in [5.74, 6) is 2.16. The lowest BCUT2D eigenvalue weighted by molar-refractivity contribution is 0.563. The monoisotopic (exact) mass is 345 g/mol. The van der Waals surface area contributed by atoms with Crippen LogP contribution in [0.1, 0.15) is 84.0 Å². The van der Waals surface area contributed by atoms with Crippen LogP contribution in [0.15, 0.2) is 0 Å². The van der Waals surface area contributed by atoms with Gasteiger partial charge in [0.15, 0.2) is 0 Å². The third-order valence-corrected chi connectivity index (χ3v) is 6.24. The Morgan fingerprint density at radius 1 is 0.810 bits per heavy atom. The fourth-order valence-electron chi connectivity index (χ4n) is 2.09. The minimum atomic E-state index is 0.652. The first-order chi connectivity index (χ1) is 10.3. The third-order valence-electron chi connectivity index (χ3n) is 3.37. The van der Waals surface area contributed by atoms with E-state index >= 15 is 0 Å². The highest BCUT2D eigenvalue weighted by atomic mass is 32.2. The molecular formula is C17H31NS3. The second-order valence-corrected chi connectivity index (χ2v) is 8.78. The van der Waals surface area contributed by atoms with Crippen LogP contribution in [0.5, 0.6) is 0 Å². The molecule has 0 aromatic heterocycles. The van der Waals surface area contributed by atoms with Gasteiger partial charge in [-0.3, -0.25) is 0 Å². The molecule has 0 amide bonds. The Bertz CT molecular complexity index is 274. The molecule has 0 aliphatic rings. The van der Waals surface area contributed by atoms with Crippen molar-refractivity contribution < 1.29 is 0 Å². The van der Waals surface area contributed by atoms with Crippen LogP contribution < -0.4 is 0 Å². The Balaban J connectivity index is 3.11. The van der Waals surface area contributed by atoms with Crippen LogP contribution >= 0.6 is 35.7 Å². The number of unbranched alkanes of at least 4 members (excludes halogenated alkanes) is 10. The van der Waals surface area contributed by atoms with Gasteiger partial charge in [-0.15, -0.1) is 23.5 Å². The summed E-state index contributed by atoms with van der Waals surface area (Å²) in [6.07, 6.45) is 15.5. The van der Waals surface area contributed by atoms with Gasteiger partial charge in [0, 0.05) is 12.2 Å². The Morgan fingerprint density at radius 2 is 1.29 bits per heavy atom. The third kappa shape index (κ3) is 18.2. The zero-order valence-corrected chi connectivity index (χ0v) is 16.0. The molecule has 1 nitrogen and oxygen atoms in total. The Hall–Kier alpha value is 0.280. The molecule has 0 aliphatic carbocycles. The SMILES string of the molecule is CCCCCCCCCCCCSC(=S)SCCCC#N. The molecule has 0 atom stereocenters. The summed E-state index contributed by atoms with van der Waals surface area (Å²) in [5, 5.41) is 8.45. The first kappa shape index (κ1) is 21.3. The summed E-state index contributed by atoms with van der Waals surface area (Å²) in [5.41, 5.74) is 0. The molecule has 21 heavy (non-hydrogen) atoms. The van der Waals surface area contributed by atoms with Crippen LogP contribution in [0.25, 0.3) is 0 Å². The number of thiocarbonyl (C=S) groups is 1. The topological polar surface area (TPSA) is 23.8 Å². The normalized spacial score (nSPS) is 10.5. The molecule has 0 aliphatic heterocycles. The first-order valence-electron chi connectivity index (χ1n) is 8.47. The molecule has 0 fully saturated rings. The molecular weight excluding hydrogens is 314 g/mol. The number of rotatable bonds is 14. The first-order valence-corrected chi connectivity index (χ1v) is 10.9. The number of nitriles is 1. The van der Waals surface area contributed by atoms with Crippen molar-refractivity contribution in [3.8, 4) is 6.07 Å². The molecule has 0 aromatic rings. The van der Waals surface area contributed by atoms with Crippen LogP contribution in [-0.2, 0) is 0 Å². The maximum Gasteiger partial charge on any atom is 0.104 e. The van der Waals surface area contributed by atoms with E-state index in [4.69, 9.17) is 17.5 Å². The number of hydrogen-bond donors (Lipinski definition) is 0. The molecule has 0 heterocycles. The average molecular weight is 346 g/mol. The Kier molecular flexibility index (Phi) is 18.6. The molecule has 4 heteroatoms. The van der Waals surface area contributed by atoms with Gasteiger partial charge in [-0.05, 0) is 18.6 Å². The van der Waals surface area contributed by atoms with Gasteiger partial charge in [0.25, 0.3) is 0 Å². The van der Waals surface area contributed by atoms with Gasteiger partial charge in [-0.25, -0.2) is 0 Å². The maximum atomic E-state index is 8.45. The zero-order chi connectivity index (χ0) is 15.6. The Labute approximate surface area is 146 Å². The van der Waals surface area contributed by atoms with E-state index in [0.29, 0.717) is 6.42 Å². The van der Waals surface area contributed by atoms with E-state index < -0.39 is 0 Å². The predicted octanol–water partition coefficient (Wildman–Crippen LogP) is 6.96. The van der Waals surface area contributed by atoms with Gasteiger partial charge >= 0.3 is 0 Å². The molecule has 0 spiro atoms. The summed E-state index contributed by atoms with van der Waals surface area (Å²) in [6.45, 7) is 2.27. The van der Waals surface area contributed by atoms with Crippen LogP contribution in [0.2, 0.25) is 0 Å². The molecule has 0 saturated heterocycles. The van der Waals surface area contributed by atoms with Crippen molar-refractivity contribution in [3.63, 3.8) is 0 Å². The lowest BCUT2D eigenvalue weighted by Crippen LogP contribution is -1.89. The largest absolute Gasteiger partial charge is 0.198 e. The molecule has 0 aromatic carbocycles. The highest BCUT2D eigenvalue weighted by Crippen LogP contribution is 2.20. The van der Waals surface area contributed by atoms with Crippen LogP contribution in [0.3, 0.4) is 0 Å². The standard InChI is InChI=1S/C17H31NS3/c1-2-3-4-5-6-7-8-9-10-12-15-20-17(19)21-16-13-11-14-18/h2-13,15-16H2,1H3. The number of thioether (sulfide) groups is 2. The van der Waals surface area contributed by atoms with E-state index in [1.807, 2.05) is 11.8 Å². The van der Waals surface area contributed by atoms with E-state index in [1.165, 1.54) is 70.0 Å². The molecule has 0 unspecified atom stereocenters. The van der Waals surface area contributed by atoms with Crippen molar-refractivity contribution in [2.45, 2.75) is 84.0 Å². The number of nitrogens with zero attached hydrogens (tertiary/aromatic N) is 1. The van der Waals surface area contributed by atoms with Gasteiger partial charge < -0.3 is 0 Å². The fraction of sp³-hybridized carbons (Fsp3) is 0.882. The molecule has 122 valence electrons. The second kappa shape index (κ2) is 18.3. The van der Waals surface area contributed by atoms with Crippen molar-refractivity contribution in [1.82, 2.24) is 0 Å². The fourth-order valence-corrected chi connectivity index (χ4v) is 4.40. The summed E-state index contributed by atoms with van der Waals surface area (Å²) in [7, 11) is 0. The average Bonchev–Trinajstić information content (AvgIpc) is 2.49. The highest BCUT2D eigenvalue weighted by molar-refractivity contribution is 8.47. The van der Waals surface area contributed by atoms with Gasteiger partial charge in [-0.2, -0.15) is 5.26 Å². The highest BCUT2D eigenvalue weighted by Gasteiger charge is 1.99. The Morgan fingerprint density at radius 3 is 1.81 bits per heavy atom. The second-order valence-electron chi connectivity index (χ2n) is 5.39. The van der Waals surface area contributed by atoms with E-state index in [2.05, 4.69) is 13.0 Å². The van der Waals surface area contributed by atoms with E-state index in [0.717, 1.165) is 15.7 Å². The lowest BCUT2D eigenvalue weighted by atomic mass is 10.1. The van der Waals surface area contributed by atoms with Gasteiger partial charge in [0.05, 0.1) is 6.07 Å². The van der Waals surface area contributed by atoms with Gasteiger partial charge in [0.2, 0.25) is 0 Å². The summed E-state index contributed by atoms with van der Waals surface area (Å²) in [4.78, 5) is 0. The van der Waals surface area contributed by atoms with Crippen molar-refractivity contribution in [3.05, 3.63) is 0 Å². The quantitative estimate of drug-likeness (QED) is 0.251. The lowest BCUT2D eigenvalue weighted by Gasteiger charge is -2.03. The molecule has 0 N–H and O–H groups in total. The smallest absolute Gasteiger partial charge is 0.104 e. The molecule has 0 rings (SSSR count). The van der Waals surface area contributed by atoms with E-state index in [1.54, 1.807) is 11.8 Å². The van der Waals surface area contributed by atoms with E-state index in [-0.39, 0.29) is 0 Å². The van der Waals surface area contributed by atoms with Crippen molar-refractivity contribution in [2.75, 3.05) is 11.5 Å². The summed E-state index contributed by atoms with van der Waals surface area (Å²) < 4.78 is 1.06.